The molecular weight excluding hydrogens is 396 g/mol. The maximum atomic E-state index is 12.8. The first-order valence-electron chi connectivity index (χ1n) is 9.21. The third-order valence-electron chi connectivity index (χ3n) is 4.82. The Morgan fingerprint density at radius 2 is 1.86 bits per heavy atom. The van der Waals surface area contributed by atoms with Crippen molar-refractivity contribution in [3.05, 3.63) is 64.2 Å². The lowest BCUT2D eigenvalue weighted by Crippen LogP contribution is -3.15. The Hall–Kier alpha value is -2.82. The van der Waals surface area contributed by atoms with Crippen molar-refractivity contribution in [2.45, 2.75) is 11.8 Å². The number of nitro benzene ring substituents is 1. The van der Waals surface area contributed by atoms with E-state index in [-0.39, 0.29) is 30.4 Å². The molecule has 1 heterocycles. The van der Waals surface area contributed by atoms with E-state index >= 15 is 0 Å². The predicted octanol–water partition coefficient (Wildman–Crippen LogP) is 0.431. The van der Waals surface area contributed by atoms with Crippen LogP contribution in [0.15, 0.2) is 53.4 Å². The summed E-state index contributed by atoms with van der Waals surface area (Å²) in [6.45, 7) is 3.45. The highest BCUT2D eigenvalue weighted by molar-refractivity contribution is 7.89. The van der Waals surface area contributed by atoms with Crippen LogP contribution in [0.5, 0.6) is 0 Å². The molecule has 0 aromatic heterocycles. The van der Waals surface area contributed by atoms with Gasteiger partial charge >= 0.3 is 0 Å². The van der Waals surface area contributed by atoms with Crippen molar-refractivity contribution in [1.29, 1.82) is 0 Å². The smallest absolute Gasteiger partial charge is 0.289 e. The van der Waals surface area contributed by atoms with Crippen molar-refractivity contribution in [3.63, 3.8) is 0 Å². The largest absolute Gasteiger partial charge is 0.325 e. The van der Waals surface area contributed by atoms with Gasteiger partial charge < -0.3 is 10.2 Å². The van der Waals surface area contributed by atoms with Crippen molar-refractivity contribution < 1.29 is 23.0 Å². The molecule has 29 heavy (non-hydrogen) atoms. The number of aryl methyl sites for hydroxylation is 1. The van der Waals surface area contributed by atoms with Crippen LogP contribution in [0.1, 0.15) is 5.56 Å². The first-order chi connectivity index (χ1) is 13.8. The minimum absolute atomic E-state index is 0.138. The lowest BCUT2D eigenvalue weighted by molar-refractivity contribution is -0.895. The maximum absolute atomic E-state index is 12.8. The summed E-state index contributed by atoms with van der Waals surface area (Å²) < 4.78 is 26.9. The van der Waals surface area contributed by atoms with E-state index in [2.05, 4.69) is 5.32 Å². The fraction of sp³-hybridized carbons (Fsp3) is 0.316. The van der Waals surface area contributed by atoms with Crippen LogP contribution in [0.4, 0.5) is 11.4 Å². The number of hydrogen-bond acceptors (Lipinski definition) is 5. The van der Waals surface area contributed by atoms with E-state index in [0.29, 0.717) is 13.1 Å². The number of nitrogens with zero attached hydrogens (tertiary/aromatic N) is 2. The topological polar surface area (TPSA) is 114 Å². The van der Waals surface area contributed by atoms with Crippen molar-refractivity contribution in [2.75, 3.05) is 38.0 Å². The van der Waals surface area contributed by atoms with E-state index in [1.54, 1.807) is 0 Å². The molecule has 3 rings (SSSR count). The van der Waals surface area contributed by atoms with Gasteiger partial charge in [0.2, 0.25) is 10.0 Å². The van der Waals surface area contributed by atoms with Gasteiger partial charge in [-0.2, -0.15) is 4.31 Å². The first kappa shape index (κ1) is 20.9. The number of sulfonamides is 1. The maximum Gasteiger partial charge on any atom is 0.289 e. The highest BCUT2D eigenvalue weighted by Crippen LogP contribution is 2.26. The molecule has 10 heteroatoms. The molecule has 2 aromatic carbocycles. The average Bonchev–Trinajstić information content (AvgIpc) is 2.68. The quantitative estimate of drug-likeness (QED) is 0.521. The van der Waals surface area contributed by atoms with Gasteiger partial charge in [0, 0.05) is 11.8 Å². The fourth-order valence-electron chi connectivity index (χ4n) is 3.34. The number of nitro groups is 1. The number of quaternary nitrogens is 1. The van der Waals surface area contributed by atoms with Crippen molar-refractivity contribution in [3.8, 4) is 0 Å². The molecule has 0 aliphatic carbocycles. The highest BCUT2D eigenvalue weighted by atomic mass is 32.2. The van der Waals surface area contributed by atoms with Crippen LogP contribution in [0.3, 0.4) is 0 Å². The Morgan fingerprint density at radius 3 is 2.52 bits per heavy atom. The second-order valence-electron chi connectivity index (χ2n) is 6.97. The van der Waals surface area contributed by atoms with Crippen LogP contribution in [0.2, 0.25) is 0 Å². The number of amides is 1. The van der Waals surface area contributed by atoms with Gasteiger partial charge in [-0.3, -0.25) is 14.9 Å². The highest BCUT2D eigenvalue weighted by Gasteiger charge is 2.35. The van der Waals surface area contributed by atoms with E-state index in [9.17, 15) is 23.3 Å². The molecule has 154 valence electrons. The molecule has 0 atom stereocenters. The van der Waals surface area contributed by atoms with E-state index in [1.807, 2.05) is 31.2 Å². The summed E-state index contributed by atoms with van der Waals surface area (Å²) in [7, 11) is -3.97. The van der Waals surface area contributed by atoms with E-state index in [0.717, 1.165) is 16.2 Å². The van der Waals surface area contributed by atoms with Crippen LogP contribution in [-0.2, 0) is 14.8 Å². The lowest BCUT2D eigenvalue weighted by atomic mass is 10.2. The van der Waals surface area contributed by atoms with Gasteiger partial charge in [0.05, 0.1) is 31.1 Å². The van der Waals surface area contributed by atoms with Crippen LogP contribution in [0.25, 0.3) is 0 Å². The molecule has 9 nitrogen and oxygen atoms in total. The molecule has 2 N–H and O–H groups in total. The van der Waals surface area contributed by atoms with Gasteiger partial charge in [0.25, 0.3) is 11.6 Å². The molecule has 1 aliphatic heterocycles. The molecule has 0 saturated carbocycles. The van der Waals surface area contributed by atoms with Crippen molar-refractivity contribution in [1.82, 2.24) is 4.31 Å². The minimum Gasteiger partial charge on any atom is -0.325 e. The molecule has 0 bridgehead atoms. The Morgan fingerprint density at radius 1 is 1.17 bits per heavy atom. The first-order valence-corrected chi connectivity index (χ1v) is 10.6. The van der Waals surface area contributed by atoms with Crippen LogP contribution in [0, 0.1) is 17.0 Å². The zero-order valence-electron chi connectivity index (χ0n) is 16.0. The van der Waals surface area contributed by atoms with Gasteiger partial charge in [-0.05, 0) is 30.7 Å². The number of benzene rings is 2. The molecule has 1 amide bonds. The van der Waals surface area contributed by atoms with Gasteiger partial charge in [-0.1, -0.05) is 24.3 Å². The second-order valence-corrected chi connectivity index (χ2v) is 8.88. The standard InChI is InChI=1S/C19H22N4O5S/c1-15-5-4-6-16(13-15)20-19(24)14-21-9-11-22(12-10-21)29(27,28)18-8-3-2-7-17(18)23(25)26/h2-8,13H,9-12,14H2,1H3,(H,20,24)/p+1. The predicted molar refractivity (Wildman–Crippen MR) is 107 cm³/mol. The van der Waals surface area contributed by atoms with Crippen LogP contribution < -0.4 is 10.2 Å². The second kappa shape index (κ2) is 8.68. The summed E-state index contributed by atoms with van der Waals surface area (Å²) in [6.07, 6.45) is 0. The van der Waals surface area contributed by atoms with Gasteiger partial charge in [0.1, 0.15) is 0 Å². The van der Waals surface area contributed by atoms with E-state index < -0.39 is 20.6 Å². The number of nitrogens with one attached hydrogen (secondary N) is 2. The summed E-state index contributed by atoms with van der Waals surface area (Å²) in [5.74, 6) is -0.138. The number of rotatable bonds is 6. The Balaban J connectivity index is 1.60. The molecule has 0 spiro atoms. The third kappa shape index (κ3) is 4.97. The summed E-state index contributed by atoms with van der Waals surface area (Å²) in [5, 5.41) is 14.0. The number of hydrogen-bond donors (Lipinski definition) is 2. The zero-order valence-corrected chi connectivity index (χ0v) is 16.8. The van der Waals surface area contributed by atoms with Gasteiger partial charge in [-0.25, -0.2) is 8.42 Å². The van der Waals surface area contributed by atoms with E-state index in [1.165, 1.54) is 28.6 Å². The summed E-state index contributed by atoms with van der Waals surface area (Å²) in [6, 6.07) is 12.8. The number of anilines is 1. The molecule has 0 unspecified atom stereocenters. The fourth-order valence-corrected chi connectivity index (χ4v) is 4.94. The van der Waals surface area contributed by atoms with Crippen LogP contribution in [-0.4, -0.2) is 56.3 Å². The Kier molecular flexibility index (Phi) is 6.26. The number of piperazine rings is 1. The molecule has 1 saturated heterocycles. The molecular formula is C19H23N4O5S+. The summed E-state index contributed by atoms with van der Waals surface area (Å²) in [5.41, 5.74) is 1.34. The number of carbonyl (C=O) groups is 1. The number of carbonyl (C=O) groups excluding carboxylic acids is 1. The zero-order chi connectivity index (χ0) is 21.0. The number of para-hydroxylation sites is 1. The summed E-state index contributed by atoms with van der Waals surface area (Å²) in [4.78, 5) is 23.4. The van der Waals surface area contributed by atoms with Gasteiger partial charge in [-0.15, -0.1) is 0 Å². The average molecular weight is 419 g/mol. The Bertz CT molecular complexity index is 1020. The normalized spacial score (nSPS) is 15.8. The Labute approximate surface area is 169 Å². The van der Waals surface area contributed by atoms with Crippen LogP contribution >= 0.6 is 0 Å². The van der Waals surface area contributed by atoms with Crippen molar-refractivity contribution >= 4 is 27.3 Å². The SMILES string of the molecule is Cc1cccc(NC(=O)C[NH+]2CCN(S(=O)(=O)c3ccccc3[N+](=O)[O-])CC2)c1. The minimum atomic E-state index is -3.97. The third-order valence-corrected chi connectivity index (χ3v) is 6.77. The monoisotopic (exact) mass is 419 g/mol. The molecule has 0 radical (unpaired) electrons. The van der Waals surface area contributed by atoms with Crippen molar-refractivity contribution in [2.24, 2.45) is 0 Å². The molecule has 2 aromatic rings. The molecule has 1 aliphatic rings. The molecule has 1 fully saturated rings. The summed E-state index contributed by atoms with van der Waals surface area (Å²) >= 11 is 0. The van der Waals surface area contributed by atoms with Gasteiger partial charge in [0.15, 0.2) is 11.4 Å². The lowest BCUT2D eigenvalue weighted by Gasteiger charge is -2.31. The van der Waals surface area contributed by atoms with E-state index in [4.69, 9.17) is 0 Å².